The van der Waals surface area contributed by atoms with Gasteiger partial charge in [0.1, 0.15) is 13.2 Å². The van der Waals surface area contributed by atoms with Crippen molar-refractivity contribution in [1.29, 1.82) is 0 Å². The second-order valence-corrected chi connectivity index (χ2v) is 7.02. The van der Waals surface area contributed by atoms with Gasteiger partial charge >= 0.3 is 0 Å². The molecule has 0 saturated carbocycles. The SMILES string of the molecule is CC(=O)Nc1ccc(Br)cc1NC(=O)Cc1cc(Cl)c2c(c1)OCCO2. The van der Waals surface area contributed by atoms with Gasteiger partial charge < -0.3 is 20.1 Å². The van der Waals surface area contributed by atoms with Gasteiger partial charge in [-0.3, -0.25) is 9.59 Å². The number of nitrogens with one attached hydrogen (secondary N) is 2. The summed E-state index contributed by atoms with van der Waals surface area (Å²) in [5.41, 5.74) is 1.73. The van der Waals surface area contributed by atoms with Gasteiger partial charge in [0.25, 0.3) is 0 Å². The van der Waals surface area contributed by atoms with Crippen LogP contribution in [0.2, 0.25) is 5.02 Å². The fourth-order valence-corrected chi connectivity index (χ4v) is 3.21. The second kappa shape index (κ2) is 7.97. The van der Waals surface area contributed by atoms with E-state index in [1.54, 1.807) is 30.3 Å². The predicted molar refractivity (Wildman–Crippen MR) is 103 cm³/mol. The molecule has 0 spiro atoms. The van der Waals surface area contributed by atoms with Crippen molar-refractivity contribution >= 4 is 50.7 Å². The van der Waals surface area contributed by atoms with Crippen molar-refractivity contribution in [2.24, 2.45) is 0 Å². The zero-order valence-corrected chi connectivity index (χ0v) is 16.2. The minimum absolute atomic E-state index is 0.0996. The van der Waals surface area contributed by atoms with Crippen molar-refractivity contribution in [2.75, 3.05) is 23.8 Å². The van der Waals surface area contributed by atoms with E-state index < -0.39 is 0 Å². The molecule has 0 radical (unpaired) electrons. The first-order chi connectivity index (χ1) is 12.4. The Kier molecular flexibility index (Phi) is 5.68. The van der Waals surface area contributed by atoms with Crippen LogP contribution in [-0.2, 0) is 16.0 Å². The molecule has 136 valence electrons. The molecule has 0 aliphatic carbocycles. The lowest BCUT2D eigenvalue weighted by atomic mass is 10.1. The Morgan fingerprint density at radius 2 is 1.88 bits per heavy atom. The van der Waals surface area contributed by atoms with E-state index in [9.17, 15) is 9.59 Å². The van der Waals surface area contributed by atoms with Crippen molar-refractivity contribution in [3.8, 4) is 11.5 Å². The number of ether oxygens (including phenoxy) is 2. The lowest BCUT2D eigenvalue weighted by Crippen LogP contribution is -2.18. The van der Waals surface area contributed by atoms with Crippen LogP contribution in [0.3, 0.4) is 0 Å². The largest absolute Gasteiger partial charge is 0.486 e. The van der Waals surface area contributed by atoms with E-state index in [1.807, 2.05) is 0 Å². The molecule has 0 atom stereocenters. The van der Waals surface area contributed by atoms with E-state index in [-0.39, 0.29) is 18.2 Å². The van der Waals surface area contributed by atoms with Crippen molar-refractivity contribution in [1.82, 2.24) is 0 Å². The molecule has 2 aromatic carbocycles. The summed E-state index contributed by atoms with van der Waals surface area (Å²) in [4.78, 5) is 23.8. The molecule has 0 fully saturated rings. The zero-order valence-electron chi connectivity index (χ0n) is 13.9. The van der Waals surface area contributed by atoms with Crippen molar-refractivity contribution in [2.45, 2.75) is 13.3 Å². The number of carbonyl (C=O) groups excluding carboxylic acids is 2. The molecule has 1 heterocycles. The first kappa shape index (κ1) is 18.5. The molecule has 26 heavy (non-hydrogen) atoms. The Morgan fingerprint density at radius 3 is 2.65 bits per heavy atom. The van der Waals surface area contributed by atoms with Crippen LogP contribution in [0.25, 0.3) is 0 Å². The number of hydrogen-bond acceptors (Lipinski definition) is 4. The Labute approximate surface area is 163 Å². The number of rotatable bonds is 4. The lowest BCUT2D eigenvalue weighted by Gasteiger charge is -2.20. The molecule has 0 saturated heterocycles. The third-order valence-corrected chi connectivity index (χ3v) is 4.36. The van der Waals surface area contributed by atoms with E-state index in [0.29, 0.717) is 46.7 Å². The average molecular weight is 440 g/mol. The van der Waals surface area contributed by atoms with Crippen LogP contribution in [-0.4, -0.2) is 25.0 Å². The van der Waals surface area contributed by atoms with Crippen molar-refractivity contribution in [3.05, 3.63) is 45.4 Å². The highest BCUT2D eigenvalue weighted by atomic mass is 79.9. The van der Waals surface area contributed by atoms with Gasteiger partial charge in [0, 0.05) is 11.4 Å². The van der Waals surface area contributed by atoms with Gasteiger partial charge in [0.15, 0.2) is 11.5 Å². The van der Waals surface area contributed by atoms with E-state index >= 15 is 0 Å². The monoisotopic (exact) mass is 438 g/mol. The molecule has 3 rings (SSSR count). The molecular weight excluding hydrogens is 424 g/mol. The van der Waals surface area contributed by atoms with Crippen molar-refractivity contribution in [3.63, 3.8) is 0 Å². The van der Waals surface area contributed by atoms with E-state index in [4.69, 9.17) is 21.1 Å². The molecule has 8 heteroatoms. The molecule has 0 aromatic heterocycles. The maximum absolute atomic E-state index is 12.5. The van der Waals surface area contributed by atoms with Crippen LogP contribution in [0.4, 0.5) is 11.4 Å². The minimum atomic E-state index is -0.248. The van der Waals surface area contributed by atoms with Gasteiger partial charge in [-0.15, -0.1) is 0 Å². The topological polar surface area (TPSA) is 76.7 Å². The van der Waals surface area contributed by atoms with E-state index in [1.165, 1.54) is 6.92 Å². The Bertz CT molecular complexity index is 873. The average Bonchev–Trinajstić information content (AvgIpc) is 2.57. The standard InChI is InChI=1S/C18H16BrClN2O4/c1-10(23)21-14-3-2-12(19)9-15(14)22-17(24)8-11-6-13(20)18-16(7-11)25-4-5-26-18/h2-3,6-7,9H,4-5,8H2,1H3,(H,21,23)(H,22,24). The predicted octanol–water partition coefficient (Wildman–Crippen LogP) is 4.01. The fourth-order valence-electron chi connectivity index (χ4n) is 2.56. The summed E-state index contributed by atoms with van der Waals surface area (Å²) < 4.78 is 11.8. The highest BCUT2D eigenvalue weighted by Gasteiger charge is 2.18. The molecule has 2 amide bonds. The van der Waals surface area contributed by atoms with Crippen LogP contribution in [0, 0.1) is 0 Å². The van der Waals surface area contributed by atoms with Gasteiger partial charge in [-0.05, 0) is 35.9 Å². The van der Waals surface area contributed by atoms with Gasteiger partial charge in [-0.25, -0.2) is 0 Å². The maximum Gasteiger partial charge on any atom is 0.228 e. The fraction of sp³-hybridized carbons (Fsp3) is 0.222. The third-order valence-electron chi connectivity index (χ3n) is 3.59. The van der Waals surface area contributed by atoms with E-state index in [0.717, 1.165) is 4.47 Å². The number of carbonyl (C=O) groups is 2. The number of benzene rings is 2. The van der Waals surface area contributed by atoms with Crippen LogP contribution in [0.15, 0.2) is 34.8 Å². The third kappa shape index (κ3) is 4.47. The summed E-state index contributed by atoms with van der Waals surface area (Å²) >= 11 is 9.56. The molecule has 2 aromatic rings. The summed E-state index contributed by atoms with van der Waals surface area (Å²) in [6, 6.07) is 8.64. The van der Waals surface area contributed by atoms with Gasteiger partial charge in [0.05, 0.1) is 22.8 Å². The van der Waals surface area contributed by atoms with Gasteiger partial charge in [-0.2, -0.15) is 0 Å². The first-order valence-corrected chi connectivity index (χ1v) is 9.04. The molecule has 0 bridgehead atoms. The Hall–Kier alpha value is -2.25. The first-order valence-electron chi connectivity index (χ1n) is 7.87. The minimum Gasteiger partial charge on any atom is -0.486 e. The molecule has 2 N–H and O–H groups in total. The summed E-state index contributed by atoms with van der Waals surface area (Å²) in [5, 5.41) is 5.90. The van der Waals surface area contributed by atoms with Crippen LogP contribution in [0.1, 0.15) is 12.5 Å². The lowest BCUT2D eigenvalue weighted by molar-refractivity contribution is -0.116. The summed E-state index contributed by atoms with van der Waals surface area (Å²) in [5.74, 6) is 0.568. The molecule has 6 nitrogen and oxygen atoms in total. The zero-order chi connectivity index (χ0) is 18.7. The maximum atomic E-state index is 12.5. The van der Waals surface area contributed by atoms with Crippen molar-refractivity contribution < 1.29 is 19.1 Å². The molecular formula is C18H16BrClN2O4. The van der Waals surface area contributed by atoms with Crippen LogP contribution in [0.5, 0.6) is 11.5 Å². The van der Waals surface area contributed by atoms with E-state index in [2.05, 4.69) is 26.6 Å². The smallest absolute Gasteiger partial charge is 0.228 e. The number of fused-ring (bicyclic) bond motifs is 1. The molecule has 0 unspecified atom stereocenters. The Morgan fingerprint density at radius 1 is 1.12 bits per heavy atom. The number of amides is 2. The molecule has 1 aliphatic rings. The number of hydrogen-bond donors (Lipinski definition) is 2. The summed E-state index contributed by atoms with van der Waals surface area (Å²) in [6.45, 7) is 2.29. The van der Waals surface area contributed by atoms with Crippen LogP contribution >= 0.6 is 27.5 Å². The van der Waals surface area contributed by atoms with Crippen LogP contribution < -0.4 is 20.1 Å². The van der Waals surface area contributed by atoms with Gasteiger partial charge in [0.2, 0.25) is 11.8 Å². The highest BCUT2D eigenvalue weighted by Crippen LogP contribution is 2.38. The Balaban J connectivity index is 1.76. The highest BCUT2D eigenvalue weighted by molar-refractivity contribution is 9.10. The summed E-state index contributed by atoms with van der Waals surface area (Å²) in [6.07, 6.45) is 0.0996. The normalized spacial score (nSPS) is 12.4. The number of anilines is 2. The quantitative estimate of drug-likeness (QED) is 0.754. The number of halogens is 2. The van der Waals surface area contributed by atoms with Gasteiger partial charge in [-0.1, -0.05) is 27.5 Å². The second-order valence-electron chi connectivity index (χ2n) is 5.70. The summed E-state index contributed by atoms with van der Waals surface area (Å²) in [7, 11) is 0. The molecule has 1 aliphatic heterocycles.